The molecular formula is C11H20ClNO3. The van der Waals surface area contributed by atoms with E-state index < -0.39 is 17.4 Å². The molecule has 0 aliphatic carbocycles. The maximum atomic E-state index is 11.6. The fraction of sp³-hybridized carbons (Fsp3) is 0.818. The molecule has 16 heavy (non-hydrogen) atoms. The van der Waals surface area contributed by atoms with E-state index in [1.165, 1.54) is 0 Å². The second kappa shape index (κ2) is 6.21. The standard InChI is InChI=1S/C11H20ClNO3/c1-5-6-9(14)8(11(15)16)7-10(12)13(2,3)4/h8,10H,5-7H2,1-4H3. The zero-order chi connectivity index (χ0) is 12.9. The number of nitrogens with zero attached hydrogens (tertiary/aromatic N) is 1. The number of halogens is 1. The van der Waals surface area contributed by atoms with Gasteiger partial charge in [0.2, 0.25) is 0 Å². The summed E-state index contributed by atoms with van der Waals surface area (Å²) in [6, 6.07) is 0. The van der Waals surface area contributed by atoms with Gasteiger partial charge in [0.1, 0.15) is 5.78 Å². The van der Waals surface area contributed by atoms with E-state index in [4.69, 9.17) is 11.6 Å². The molecule has 0 rings (SSSR count). The van der Waals surface area contributed by atoms with E-state index in [0.717, 1.165) is 0 Å². The summed E-state index contributed by atoms with van der Waals surface area (Å²) in [4.78, 5) is 22.4. The Hall–Kier alpha value is -0.610. The third-order valence-electron chi connectivity index (χ3n) is 2.44. The Morgan fingerprint density at radius 1 is 1.31 bits per heavy atom. The van der Waals surface area contributed by atoms with Crippen molar-refractivity contribution in [1.29, 1.82) is 0 Å². The van der Waals surface area contributed by atoms with Crippen molar-refractivity contribution in [3.8, 4) is 0 Å². The lowest BCUT2D eigenvalue weighted by Crippen LogP contribution is -2.46. The van der Waals surface area contributed by atoms with E-state index in [1.807, 2.05) is 28.1 Å². The molecule has 0 fully saturated rings. The predicted molar refractivity (Wildman–Crippen MR) is 60.7 cm³/mol. The summed E-state index contributed by atoms with van der Waals surface area (Å²) in [5.74, 6) is -2.70. The van der Waals surface area contributed by atoms with Gasteiger partial charge in [0.05, 0.1) is 33.0 Å². The highest BCUT2D eigenvalue weighted by Crippen LogP contribution is 2.19. The summed E-state index contributed by atoms with van der Waals surface area (Å²) in [5.41, 5.74) is -0.413. The minimum absolute atomic E-state index is 0.117. The van der Waals surface area contributed by atoms with Crippen LogP contribution >= 0.6 is 11.6 Å². The van der Waals surface area contributed by atoms with Crippen LogP contribution in [0.15, 0.2) is 0 Å². The Bertz CT molecular complexity index is 260. The van der Waals surface area contributed by atoms with E-state index in [2.05, 4.69) is 0 Å². The SMILES string of the molecule is CCCC(=O)C(CC(Cl)[N+](C)(C)C)C(=O)[O-]. The summed E-state index contributed by atoms with van der Waals surface area (Å²) in [6.45, 7) is 1.84. The number of Topliss-reactive ketones (excluding diaryl/α,β-unsaturated/α-hetero) is 1. The zero-order valence-electron chi connectivity index (χ0n) is 10.3. The van der Waals surface area contributed by atoms with Crippen LogP contribution in [0.1, 0.15) is 26.2 Å². The molecule has 0 aromatic carbocycles. The minimum Gasteiger partial charge on any atom is -0.549 e. The van der Waals surface area contributed by atoms with Gasteiger partial charge in [-0.2, -0.15) is 0 Å². The predicted octanol–water partition coefficient (Wildman–Crippen LogP) is 0.383. The number of aliphatic carboxylic acids is 1. The van der Waals surface area contributed by atoms with E-state index in [0.29, 0.717) is 10.9 Å². The second-order valence-corrected chi connectivity index (χ2v) is 5.38. The van der Waals surface area contributed by atoms with E-state index >= 15 is 0 Å². The van der Waals surface area contributed by atoms with Gasteiger partial charge >= 0.3 is 0 Å². The summed E-state index contributed by atoms with van der Waals surface area (Å²) in [7, 11) is 5.57. The van der Waals surface area contributed by atoms with Crippen molar-refractivity contribution in [3.63, 3.8) is 0 Å². The Morgan fingerprint density at radius 3 is 2.12 bits per heavy atom. The van der Waals surface area contributed by atoms with Crippen LogP contribution in [-0.4, -0.2) is 42.9 Å². The van der Waals surface area contributed by atoms with Crippen LogP contribution in [0.4, 0.5) is 0 Å². The highest BCUT2D eigenvalue weighted by atomic mass is 35.5. The number of hydrogen-bond donors (Lipinski definition) is 0. The molecule has 5 heteroatoms. The summed E-state index contributed by atoms with van der Waals surface area (Å²) >= 11 is 6.07. The van der Waals surface area contributed by atoms with Crippen molar-refractivity contribution in [1.82, 2.24) is 0 Å². The van der Waals surface area contributed by atoms with Crippen molar-refractivity contribution in [2.75, 3.05) is 21.1 Å². The van der Waals surface area contributed by atoms with Crippen molar-refractivity contribution >= 4 is 23.4 Å². The van der Waals surface area contributed by atoms with Gasteiger partial charge in [0.15, 0.2) is 5.50 Å². The molecule has 94 valence electrons. The van der Waals surface area contributed by atoms with Crippen LogP contribution in [0.3, 0.4) is 0 Å². The normalized spacial score (nSPS) is 15.6. The van der Waals surface area contributed by atoms with Gasteiger partial charge in [-0.3, -0.25) is 4.79 Å². The number of carboxylic acids is 1. The Kier molecular flexibility index (Phi) is 5.97. The number of hydrogen-bond acceptors (Lipinski definition) is 3. The topological polar surface area (TPSA) is 57.2 Å². The fourth-order valence-corrected chi connectivity index (χ4v) is 1.47. The molecule has 0 aromatic rings. The number of carbonyl (C=O) groups is 2. The first-order valence-electron chi connectivity index (χ1n) is 5.38. The van der Waals surface area contributed by atoms with Crippen LogP contribution in [-0.2, 0) is 9.59 Å². The molecule has 2 atom stereocenters. The first-order valence-corrected chi connectivity index (χ1v) is 5.82. The Balaban J connectivity index is 4.58. The van der Waals surface area contributed by atoms with Crippen LogP contribution in [0.2, 0.25) is 0 Å². The van der Waals surface area contributed by atoms with Gasteiger partial charge < -0.3 is 14.4 Å². The summed E-state index contributed by atoms with van der Waals surface area (Å²) in [6.07, 6.45) is 1.02. The Labute approximate surface area is 102 Å². The van der Waals surface area contributed by atoms with Gasteiger partial charge in [-0.1, -0.05) is 18.5 Å². The second-order valence-electron chi connectivity index (χ2n) is 4.87. The highest BCUT2D eigenvalue weighted by Gasteiger charge is 2.29. The molecule has 4 nitrogen and oxygen atoms in total. The lowest BCUT2D eigenvalue weighted by Gasteiger charge is -2.31. The number of rotatable bonds is 7. The maximum absolute atomic E-state index is 11.6. The van der Waals surface area contributed by atoms with Gasteiger partial charge in [-0.05, 0) is 6.42 Å². The van der Waals surface area contributed by atoms with Crippen LogP contribution in [0.5, 0.6) is 0 Å². The van der Waals surface area contributed by atoms with E-state index in [9.17, 15) is 14.7 Å². The largest absolute Gasteiger partial charge is 0.549 e. The average molecular weight is 250 g/mol. The quantitative estimate of drug-likeness (QED) is 0.284. The number of ketones is 1. The molecule has 0 bridgehead atoms. The summed E-state index contributed by atoms with van der Waals surface area (Å²) < 4.78 is 0.407. The molecule has 0 spiro atoms. The highest BCUT2D eigenvalue weighted by molar-refractivity contribution is 6.20. The lowest BCUT2D eigenvalue weighted by atomic mass is 9.96. The summed E-state index contributed by atoms with van der Waals surface area (Å²) in [5, 5.41) is 10.9. The van der Waals surface area contributed by atoms with Gasteiger partial charge in [-0.15, -0.1) is 0 Å². The number of quaternary nitrogens is 1. The molecule has 2 unspecified atom stereocenters. The first-order chi connectivity index (χ1) is 7.20. The molecule has 0 N–H and O–H groups in total. The van der Waals surface area contributed by atoms with Crippen molar-refractivity contribution in [2.24, 2.45) is 5.92 Å². The molecule has 0 aliphatic heterocycles. The molecular weight excluding hydrogens is 230 g/mol. The van der Waals surface area contributed by atoms with Gasteiger partial charge in [0, 0.05) is 12.8 Å². The van der Waals surface area contributed by atoms with E-state index in [1.54, 1.807) is 0 Å². The first kappa shape index (κ1) is 15.4. The lowest BCUT2D eigenvalue weighted by molar-refractivity contribution is -0.883. The smallest absolute Gasteiger partial charge is 0.165 e. The van der Waals surface area contributed by atoms with Crippen LogP contribution < -0.4 is 5.11 Å². The molecule has 0 saturated carbocycles. The Morgan fingerprint density at radius 2 is 1.81 bits per heavy atom. The molecule has 0 amide bonds. The van der Waals surface area contributed by atoms with E-state index in [-0.39, 0.29) is 18.6 Å². The number of carbonyl (C=O) groups excluding carboxylic acids is 2. The minimum atomic E-state index is -1.32. The van der Waals surface area contributed by atoms with Crippen molar-refractivity contribution in [3.05, 3.63) is 0 Å². The fourth-order valence-electron chi connectivity index (χ4n) is 1.29. The molecule has 0 heterocycles. The molecule has 0 saturated heterocycles. The van der Waals surface area contributed by atoms with Crippen molar-refractivity contribution in [2.45, 2.75) is 31.7 Å². The van der Waals surface area contributed by atoms with Crippen LogP contribution in [0.25, 0.3) is 0 Å². The third kappa shape index (κ3) is 4.94. The molecule has 0 aromatic heterocycles. The molecule has 0 aliphatic rings. The average Bonchev–Trinajstić information content (AvgIpc) is 2.11. The third-order valence-corrected chi connectivity index (χ3v) is 3.20. The van der Waals surface area contributed by atoms with Gasteiger partial charge in [-0.25, -0.2) is 0 Å². The maximum Gasteiger partial charge on any atom is 0.165 e. The van der Waals surface area contributed by atoms with Crippen LogP contribution in [0, 0.1) is 5.92 Å². The van der Waals surface area contributed by atoms with Crippen molar-refractivity contribution < 1.29 is 19.2 Å². The zero-order valence-corrected chi connectivity index (χ0v) is 11.1. The number of carboxylic acid groups (broad SMARTS) is 1. The van der Waals surface area contributed by atoms with Gasteiger partial charge in [0.25, 0.3) is 0 Å². The number of alkyl halides is 1. The molecule has 0 radical (unpaired) electrons. The monoisotopic (exact) mass is 249 g/mol.